The molecule has 0 spiro atoms. The first-order chi connectivity index (χ1) is 14.1. The molecular formula is C24H28N4O. The van der Waals surface area contributed by atoms with Gasteiger partial charge in [-0.3, -0.25) is 9.69 Å². The van der Waals surface area contributed by atoms with Crippen molar-refractivity contribution in [2.24, 2.45) is 5.92 Å². The summed E-state index contributed by atoms with van der Waals surface area (Å²) < 4.78 is 2.37. The number of nitrogens with zero attached hydrogens (tertiary/aromatic N) is 3. The van der Waals surface area contributed by atoms with E-state index >= 15 is 0 Å². The molecule has 5 heteroatoms. The van der Waals surface area contributed by atoms with E-state index in [2.05, 4.69) is 57.9 Å². The monoisotopic (exact) mass is 388 g/mol. The van der Waals surface area contributed by atoms with Gasteiger partial charge in [0.05, 0.1) is 10.9 Å². The number of aryl methyl sites for hydroxylation is 1. The zero-order chi connectivity index (χ0) is 20.0. The molecule has 1 aromatic carbocycles. The Hall–Kier alpha value is -2.66. The molecule has 2 aromatic heterocycles. The number of rotatable bonds is 3. The fourth-order valence-electron chi connectivity index (χ4n) is 4.99. The summed E-state index contributed by atoms with van der Waals surface area (Å²) in [6.07, 6.45) is 5.86. The zero-order valence-corrected chi connectivity index (χ0v) is 17.2. The van der Waals surface area contributed by atoms with Crippen LogP contribution in [0, 0.1) is 12.8 Å². The van der Waals surface area contributed by atoms with Crippen molar-refractivity contribution >= 4 is 16.7 Å². The first kappa shape index (κ1) is 18.4. The Labute approximate surface area is 171 Å². The van der Waals surface area contributed by atoms with Crippen LogP contribution >= 0.6 is 0 Å². The molecule has 0 radical (unpaired) electrons. The summed E-state index contributed by atoms with van der Waals surface area (Å²) >= 11 is 0. The van der Waals surface area contributed by atoms with Crippen LogP contribution in [0.1, 0.15) is 36.1 Å². The van der Waals surface area contributed by atoms with Crippen molar-refractivity contribution in [3.8, 4) is 0 Å². The Balaban J connectivity index is 1.52. The van der Waals surface area contributed by atoms with Gasteiger partial charge in [0.2, 0.25) is 0 Å². The van der Waals surface area contributed by atoms with E-state index in [0.717, 1.165) is 55.7 Å². The number of hydrogen-bond donors (Lipinski definition) is 1. The van der Waals surface area contributed by atoms with Crippen molar-refractivity contribution in [3.63, 3.8) is 0 Å². The van der Waals surface area contributed by atoms with Gasteiger partial charge < -0.3 is 9.88 Å². The quantitative estimate of drug-likeness (QED) is 0.742. The fraction of sp³-hybridized carbons (Fsp3) is 0.417. The number of likely N-dealkylation sites (tertiary alicyclic amines) is 1. The average molecular weight is 389 g/mol. The summed E-state index contributed by atoms with van der Waals surface area (Å²) in [5.41, 5.74) is 5.03. The molecule has 150 valence electrons. The minimum absolute atomic E-state index is 0.0681. The lowest BCUT2D eigenvalue weighted by Gasteiger charge is -2.39. The summed E-state index contributed by atoms with van der Waals surface area (Å²) in [6.45, 7) is 8.48. The second-order valence-electron chi connectivity index (χ2n) is 8.67. The standard InChI is InChI=1S/C24H28N4O/c1-16-4-3-5-18(12-16)14-27-10-7-17(2)21(15-27)28-11-8-22(29)20-13-26-24-19(23(20)28)6-9-25-24/h3-5,8,11-13,17,21H,6-7,9-10,14-15H2,1-2H3,(H,25,26)/t17-,21+/m1/s1. The van der Waals surface area contributed by atoms with Gasteiger partial charge in [0, 0.05) is 49.7 Å². The minimum atomic E-state index is 0.0681. The zero-order valence-electron chi connectivity index (χ0n) is 17.2. The van der Waals surface area contributed by atoms with E-state index in [4.69, 9.17) is 0 Å². The first-order valence-corrected chi connectivity index (χ1v) is 10.6. The molecular weight excluding hydrogens is 360 g/mol. The van der Waals surface area contributed by atoms with Crippen LogP contribution in [0.4, 0.5) is 5.82 Å². The highest BCUT2D eigenvalue weighted by molar-refractivity contribution is 5.86. The van der Waals surface area contributed by atoms with Crippen LogP contribution in [0.5, 0.6) is 0 Å². The van der Waals surface area contributed by atoms with Gasteiger partial charge in [0.15, 0.2) is 5.43 Å². The van der Waals surface area contributed by atoms with Crippen LogP contribution in [0.25, 0.3) is 10.9 Å². The van der Waals surface area contributed by atoms with Crippen molar-refractivity contribution < 1.29 is 0 Å². The third-order valence-electron chi connectivity index (χ3n) is 6.58. The summed E-state index contributed by atoms with van der Waals surface area (Å²) in [7, 11) is 0. The lowest BCUT2D eigenvalue weighted by molar-refractivity contribution is 0.128. The number of anilines is 1. The number of nitrogens with one attached hydrogen (secondary N) is 1. The van der Waals surface area contributed by atoms with Crippen molar-refractivity contribution in [2.75, 3.05) is 25.0 Å². The maximum Gasteiger partial charge on any atom is 0.190 e. The molecule has 2 aliphatic rings. The highest BCUT2D eigenvalue weighted by Gasteiger charge is 2.29. The normalized spacial score (nSPS) is 21.9. The predicted octanol–water partition coefficient (Wildman–Crippen LogP) is 3.76. The highest BCUT2D eigenvalue weighted by atomic mass is 16.1. The molecule has 0 unspecified atom stereocenters. The van der Waals surface area contributed by atoms with Gasteiger partial charge in [0.25, 0.3) is 0 Å². The van der Waals surface area contributed by atoms with Crippen LogP contribution in [0.15, 0.2) is 47.5 Å². The Morgan fingerprint density at radius 3 is 3.03 bits per heavy atom. The van der Waals surface area contributed by atoms with Gasteiger partial charge in [0.1, 0.15) is 5.82 Å². The molecule has 1 N–H and O–H groups in total. The predicted molar refractivity (Wildman–Crippen MR) is 117 cm³/mol. The maximum atomic E-state index is 12.5. The van der Waals surface area contributed by atoms with Crippen molar-refractivity contribution in [2.45, 2.75) is 39.3 Å². The van der Waals surface area contributed by atoms with Gasteiger partial charge >= 0.3 is 0 Å². The summed E-state index contributed by atoms with van der Waals surface area (Å²) in [4.78, 5) is 19.6. The molecule has 1 saturated heterocycles. The number of benzene rings is 1. The van der Waals surface area contributed by atoms with E-state index in [1.165, 1.54) is 16.7 Å². The number of fused-ring (bicyclic) bond motifs is 3. The second-order valence-corrected chi connectivity index (χ2v) is 8.67. The number of piperidine rings is 1. The molecule has 4 heterocycles. The van der Waals surface area contributed by atoms with Crippen molar-refractivity contribution in [1.82, 2.24) is 14.5 Å². The molecule has 0 saturated carbocycles. The van der Waals surface area contributed by atoms with E-state index in [9.17, 15) is 4.79 Å². The first-order valence-electron chi connectivity index (χ1n) is 10.6. The Morgan fingerprint density at radius 1 is 1.28 bits per heavy atom. The largest absolute Gasteiger partial charge is 0.369 e. The van der Waals surface area contributed by atoms with E-state index in [-0.39, 0.29) is 5.43 Å². The van der Waals surface area contributed by atoms with Crippen LogP contribution < -0.4 is 10.7 Å². The van der Waals surface area contributed by atoms with E-state index in [1.54, 1.807) is 12.3 Å². The summed E-state index contributed by atoms with van der Waals surface area (Å²) in [5.74, 6) is 1.50. The molecule has 0 aliphatic carbocycles. The number of pyridine rings is 2. The third kappa shape index (κ3) is 3.33. The Bertz CT molecular complexity index is 1120. The highest BCUT2D eigenvalue weighted by Crippen LogP contribution is 2.34. The van der Waals surface area contributed by atoms with E-state index in [0.29, 0.717) is 12.0 Å². The van der Waals surface area contributed by atoms with Gasteiger partial charge in [-0.25, -0.2) is 4.98 Å². The van der Waals surface area contributed by atoms with Gasteiger partial charge in [-0.1, -0.05) is 36.8 Å². The number of hydrogen-bond acceptors (Lipinski definition) is 4. The fourth-order valence-corrected chi connectivity index (χ4v) is 4.99. The van der Waals surface area contributed by atoms with Crippen LogP contribution in [-0.2, 0) is 13.0 Å². The van der Waals surface area contributed by atoms with Crippen LogP contribution in [0.3, 0.4) is 0 Å². The summed E-state index contributed by atoms with van der Waals surface area (Å²) in [6, 6.07) is 10.9. The maximum absolute atomic E-state index is 12.5. The van der Waals surface area contributed by atoms with Gasteiger partial charge in [-0.05, 0) is 37.8 Å². The van der Waals surface area contributed by atoms with Gasteiger partial charge in [-0.2, -0.15) is 0 Å². The molecule has 5 nitrogen and oxygen atoms in total. The Kier molecular flexibility index (Phi) is 4.63. The van der Waals surface area contributed by atoms with Crippen LogP contribution in [0.2, 0.25) is 0 Å². The molecule has 5 rings (SSSR count). The van der Waals surface area contributed by atoms with E-state index < -0.39 is 0 Å². The molecule has 0 bridgehead atoms. The molecule has 3 aromatic rings. The minimum Gasteiger partial charge on any atom is -0.369 e. The van der Waals surface area contributed by atoms with Crippen LogP contribution in [-0.4, -0.2) is 34.1 Å². The molecule has 2 atom stereocenters. The number of aromatic nitrogens is 2. The average Bonchev–Trinajstić information content (AvgIpc) is 3.19. The topological polar surface area (TPSA) is 50.2 Å². The van der Waals surface area contributed by atoms with Gasteiger partial charge in [-0.15, -0.1) is 0 Å². The van der Waals surface area contributed by atoms with Crippen molar-refractivity contribution in [1.29, 1.82) is 0 Å². The molecule has 2 aliphatic heterocycles. The lowest BCUT2D eigenvalue weighted by atomic mass is 9.92. The van der Waals surface area contributed by atoms with Crippen molar-refractivity contribution in [3.05, 3.63) is 69.6 Å². The molecule has 0 amide bonds. The Morgan fingerprint density at radius 2 is 2.17 bits per heavy atom. The second kappa shape index (κ2) is 7.30. The summed E-state index contributed by atoms with van der Waals surface area (Å²) in [5, 5.41) is 4.11. The molecule has 29 heavy (non-hydrogen) atoms. The van der Waals surface area contributed by atoms with E-state index in [1.807, 2.05) is 6.20 Å². The third-order valence-corrected chi connectivity index (χ3v) is 6.58. The lowest BCUT2D eigenvalue weighted by Crippen LogP contribution is -2.40. The SMILES string of the molecule is Cc1cccc(CN2CC[C@@H](C)[C@@H](n3ccc(=O)c4cnc5c(c43)CCN5)C2)c1. The molecule has 1 fully saturated rings. The smallest absolute Gasteiger partial charge is 0.190 e.